The van der Waals surface area contributed by atoms with Gasteiger partial charge in [-0.15, -0.1) is 0 Å². The monoisotopic (exact) mass is 424 g/mol. The zero-order valence-corrected chi connectivity index (χ0v) is 17.3. The lowest BCUT2D eigenvalue weighted by molar-refractivity contribution is -0.192. The van der Waals surface area contributed by atoms with Crippen LogP contribution >= 0.6 is 0 Å². The fourth-order valence-corrected chi connectivity index (χ4v) is 2.58. The Morgan fingerprint density at radius 1 is 0.933 bits per heavy atom. The molecule has 1 aliphatic heterocycles. The number of carbonyl (C=O) groups is 5. The van der Waals surface area contributed by atoms with Crippen molar-refractivity contribution in [3.05, 3.63) is 12.2 Å². The molecule has 0 N–H and O–H groups in total. The van der Waals surface area contributed by atoms with E-state index in [2.05, 4.69) is 11.8 Å². The SMILES string of the molecule is CC(=O)O[C@H]([C@@H](OC(C)=O)[C@H](C#C[C@H]1CC=CC(=O)O1)OC(C)=O)[C@H](C)OC(C)=O. The van der Waals surface area contributed by atoms with Crippen molar-refractivity contribution in [3.8, 4) is 11.8 Å². The molecule has 1 heterocycles. The number of ether oxygens (including phenoxy) is 5. The molecular weight excluding hydrogens is 400 g/mol. The lowest BCUT2D eigenvalue weighted by atomic mass is 10.0. The largest absolute Gasteiger partial charge is 0.459 e. The first kappa shape index (κ1) is 24.7. The van der Waals surface area contributed by atoms with E-state index in [9.17, 15) is 24.0 Å². The predicted octanol–water partition coefficient (Wildman–Crippen LogP) is 0.608. The molecular formula is C20H24O10. The van der Waals surface area contributed by atoms with Crippen LogP contribution in [0.5, 0.6) is 0 Å². The third kappa shape index (κ3) is 8.77. The van der Waals surface area contributed by atoms with Gasteiger partial charge in [-0.25, -0.2) is 4.79 Å². The summed E-state index contributed by atoms with van der Waals surface area (Å²) in [5, 5.41) is 0. The van der Waals surface area contributed by atoms with Crippen molar-refractivity contribution in [2.75, 3.05) is 0 Å². The average Bonchev–Trinajstić information content (AvgIpc) is 2.60. The van der Waals surface area contributed by atoms with E-state index in [-0.39, 0.29) is 0 Å². The van der Waals surface area contributed by atoms with Gasteiger partial charge in [0.05, 0.1) is 0 Å². The van der Waals surface area contributed by atoms with E-state index in [0.29, 0.717) is 6.42 Å². The zero-order valence-electron chi connectivity index (χ0n) is 17.3. The van der Waals surface area contributed by atoms with E-state index in [1.54, 1.807) is 6.08 Å². The third-order valence-electron chi connectivity index (χ3n) is 3.58. The smallest absolute Gasteiger partial charge is 0.331 e. The molecule has 10 nitrogen and oxygen atoms in total. The average molecular weight is 424 g/mol. The van der Waals surface area contributed by atoms with Gasteiger partial charge in [0, 0.05) is 40.2 Å². The molecule has 30 heavy (non-hydrogen) atoms. The van der Waals surface area contributed by atoms with Crippen LogP contribution in [0.25, 0.3) is 0 Å². The molecule has 0 unspecified atom stereocenters. The zero-order chi connectivity index (χ0) is 22.8. The third-order valence-corrected chi connectivity index (χ3v) is 3.58. The first-order chi connectivity index (χ1) is 14.0. The molecule has 0 saturated carbocycles. The molecule has 0 radical (unpaired) electrons. The maximum atomic E-state index is 11.7. The van der Waals surface area contributed by atoms with Gasteiger partial charge < -0.3 is 23.7 Å². The Labute approximate surface area is 173 Å². The minimum absolute atomic E-state index is 0.307. The summed E-state index contributed by atoms with van der Waals surface area (Å²) in [6, 6.07) is 0. The highest BCUT2D eigenvalue weighted by molar-refractivity contribution is 5.83. The van der Waals surface area contributed by atoms with E-state index in [4.69, 9.17) is 23.7 Å². The minimum Gasteiger partial charge on any atom is -0.459 e. The van der Waals surface area contributed by atoms with Crippen molar-refractivity contribution in [2.45, 2.75) is 71.6 Å². The van der Waals surface area contributed by atoms with Gasteiger partial charge in [-0.1, -0.05) is 17.9 Å². The van der Waals surface area contributed by atoms with Crippen LogP contribution in [0, 0.1) is 11.8 Å². The van der Waals surface area contributed by atoms with E-state index >= 15 is 0 Å². The summed E-state index contributed by atoms with van der Waals surface area (Å²) < 4.78 is 25.7. The highest BCUT2D eigenvalue weighted by atomic mass is 16.6. The molecule has 0 bridgehead atoms. The van der Waals surface area contributed by atoms with E-state index in [1.807, 2.05) is 0 Å². The second-order valence-electron chi connectivity index (χ2n) is 6.34. The highest BCUT2D eigenvalue weighted by Crippen LogP contribution is 2.19. The van der Waals surface area contributed by atoms with Crippen molar-refractivity contribution in [3.63, 3.8) is 0 Å². The number of esters is 5. The molecule has 0 amide bonds. The fraction of sp³-hybridized carbons (Fsp3) is 0.550. The molecule has 5 atom stereocenters. The van der Waals surface area contributed by atoms with Gasteiger partial charge >= 0.3 is 29.8 Å². The van der Waals surface area contributed by atoms with E-state index in [1.165, 1.54) is 13.0 Å². The number of hydrogen-bond acceptors (Lipinski definition) is 10. The molecule has 0 aromatic rings. The van der Waals surface area contributed by atoms with E-state index < -0.39 is 60.4 Å². The predicted molar refractivity (Wildman–Crippen MR) is 99.3 cm³/mol. The number of cyclic esters (lactones) is 1. The van der Waals surface area contributed by atoms with Gasteiger partial charge in [0.2, 0.25) is 6.10 Å². The number of hydrogen-bond donors (Lipinski definition) is 0. The van der Waals surface area contributed by atoms with Gasteiger partial charge in [0.25, 0.3) is 0 Å². The van der Waals surface area contributed by atoms with Crippen molar-refractivity contribution in [2.24, 2.45) is 0 Å². The second-order valence-corrected chi connectivity index (χ2v) is 6.34. The van der Waals surface area contributed by atoms with E-state index in [0.717, 1.165) is 27.7 Å². The van der Waals surface area contributed by atoms with Crippen molar-refractivity contribution < 1.29 is 47.7 Å². The molecule has 0 aliphatic carbocycles. The maximum Gasteiger partial charge on any atom is 0.331 e. The molecule has 0 aromatic carbocycles. The van der Waals surface area contributed by atoms with Crippen LogP contribution in [0.4, 0.5) is 0 Å². The lowest BCUT2D eigenvalue weighted by Gasteiger charge is -2.32. The van der Waals surface area contributed by atoms with Gasteiger partial charge in [0.15, 0.2) is 18.3 Å². The summed E-state index contributed by atoms with van der Waals surface area (Å²) in [4.78, 5) is 57.6. The topological polar surface area (TPSA) is 132 Å². The second kappa shape index (κ2) is 11.6. The summed E-state index contributed by atoms with van der Waals surface area (Å²) >= 11 is 0. The summed E-state index contributed by atoms with van der Waals surface area (Å²) in [6.45, 7) is 5.88. The lowest BCUT2D eigenvalue weighted by Crippen LogP contribution is -2.50. The Kier molecular flexibility index (Phi) is 9.55. The van der Waals surface area contributed by atoms with Gasteiger partial charge in [-0.2, -0.15) is 0 Å². The molecule has 0 aromatic heterocycles. The molecule has 0 saturated heterocycles. The maximum absolute atomic E-state index is 11.7. The van der Waals surface area contributed by atoms with Crippen LogP contribution in [0.1, 0.15) is 41.0 Å². The first-order valence-corrected chi connectivity index (χ1v) is 9.06. The summed E-state index contributed by atoms with van der Waals surface area (Å²) in [6.07, 6.45) is -2.90. The quantitative estimate of drug-likeness (QED) is 0.325. The van der Waals surface area contributed by atoms with Gasteiger partial charge in [-0.3, -0.25) is 19.2 Å². The summed E-state index contributed by atoms with van der Waals surface area (Å²) in [5.41, 5.74) is 0. The normalized spacial score (nSPS) is 19.0. The van der Waals surface area contributed by atoms with Crippen LogP contribution in [0.2, 0.25) is 0 Å². The number of carbonyl (C=O) groups excluding carboxylic acids is 5. The van der Waals surface area contributed by atoms with Gasteiger partial charge in [0.1, 0.15) is 6.10 Å². The Balaban J connectivity index is 3.31. The first-order valence-electron chi connectivity index (χ1n) is 9.06. The Bertz CT molecular complexity index is 772. The highest BCUT2D eigenvalue weighted by Gasteiger charge is 2.41. The standard InChI is InChI=1S/C20H24O10/c1-11(26-12(2)21)19(28-14(4)23)20(29-15(5)24)17(27-13(3)22)10-9-16-7-6-8-18(25)30-16/h6,8,11,16-17,19-20H,7H2,1-5H3/t11-,16+,17-,19-,20-/m0/s1. The van der Waals surface area contributed by atoms with Crippen LogP contribution in [-0.4, -0.2) is 60.4 Å². The molecule has 164 valence electrons. The van der Waals surface area contributed by atoms with Crippen molar-refractivity contribution >= 4 is 29.8 Å². The summed E-state index contributed by atoms with van der Waals surface area (Å²) in [5.74, 6) is 1.70. The van der Waals surface area contributed by atoms with Crippen LogP contribution in [-0.2, 0) is 47.7 Å². The number of rotatable bonds is 7. The molecule has 0 spiro atoms. The Morgan fingerprint density at radius 2 is 1.47 bits per heavy atom. The molecule has 0 fully saturated rings. The summed E-state index contributed by atoms with van der Waals surface area (Å²) in [7, 11) is 0. The van der Waals surface area contributed by atoms with Crippen molar-refractivity contribution in [1.29, 1.82) is 0 Å². The molecule has 10 heteroatoms. The molecule has 1 rings (SSSR count). The fourth-order valence-electron chi connectivity index (χ4n) is 2.58. The van der Waals surface area contributed by atoms with Crippen LogP contribution in [0.15, 0.2) is 12.2 Å². The Morgan fingerprint density at radius 3 is 1.97 bits per heavy atom. The molecule has 1 aliphatic rings. The van der Waals surface area contributed by atoms with Crippen LogP contribution < -0.4 is 0 Å². The Hall–Kier alpha value is -3.35. The minimum atomic E-state index is -1.42. The van der Waals surface area contributed by atoms with Crippen LogP contribution in [0.3, 0.4) is 0 Å². The van der Waals surface area contributed by atoms with Gasteiger partial charge in [-0.05, 0) is 6.92 Å². The van der Waals surface area contributed by atoms with Crippen molar-refractivity contribution in [1.82, 2.24) is 0 Å².